The first-order valence-electron chi connectivity index (χ1n) is 10.4. The zero-order valence-electron chi connectivity index (χ0n) is 17.9. The number of Topliss-reactive ketones (excluding diaryl/α,β-unsaturated/α-hetero) is 1. The average Bonchev–Trinajstić information content (AvgIpc) is 2.91. The Kier molecular flexibility index (Phi) is 4.97. The minimum Gasteiger partial charge on any atom is -0.488 e. The molecule has 158 valence electrons. The fourth-order valence-electron chi connectivity index (χ4n) is 4.88. The van der Waals surface area contributed by atoms with Gasteiger partial charge in [0.2, 0.25) is 5.78 Å². The lowest BCUT2D eigenvalue weighted by atomic mass is 9.61. The molecule has 1 saturated heterocycles. The maximum absolute atomic E-state index is 13.8. The van der Waals surface area contributed by atoms with E-state index in [1.165, 1.54) is 0 Å². The summed E-state index contributed by atoms with van der Waals surface area (Å²) >= 11 is 0. The van der Waals surface area contributed by atoms with E-state index in [-0.39, 0.29) is 29.6 Å². The minimum atomic E-state index is -1.30. The van der Waals surface area contributed by atoms with Crippen molar-refractivity contribution in [2.75, 3.05) is 6.61 Å². The highest BCUT2D eigenvalue weighted by Crippen LogP contribution is 2.53. The van der Waals surface area contributed by atoms with E-state index in [0.717, 1.165) is 16.7 Å². The normalized spacial score (nSPS) is 40.8. The van der Waals surface area contributed by atoms with E-state index in [9.17, 15) is 14.7 Å². The van der Waals surface area contributed by atoms with Crippen LogP contribution in [0, 0.1) is 11.3 Å². The molecule has 0 unspecified atom stereocenters. The predicted octanol–water partition coefficient (Wildman–Crippen LogP) is 3.88. The van der Waals surface area contributed by atoms with Crippen LogP contribution in [-0.2, 0) is 19.1 Å². The van der Waals surface area contributed by atoms with Crippen LogP contribution in [-0.4, -0.2) is 35.2 Å². The van der Waals surface area contributed by atoms with Gasteiger partial charge < -0.3 is 14.6 Å². The smallest absolute Gasteiger partial charge is 0.346 e. The maximum Gasteiger partial charge on any atom is 0.346 e. The van der Waals surface area contributed by atoms with E-state index in [2.05, 4.69) is 13.0 Å². The molecule has 5 nitrogen and oxygen atoms in total. The molecule has 0 saturated carbocycles. The van der Waals surface area contributed by atoms with Gasteiger partial charge in [0.15, 0.2) is 5.60 Å². The average molecular weight is 408 g/mol. The molecule has 5 heteroatoms. The van der Waals surface area contributed by atoms with Crippen LogP contribution in [0.25, 0.3) is 0 Å². The summed E-state index contributed by atoms with van der Waals surface area (Å²) in [4.78, 5) is 26.7. The van der Waals surface area contributed by atoms with Crippen LogP contribution in [0.4, 0.5) is 0 Å². The molecule has 0 amide bonds. The van der Waals surface area contributed by atoms with E-state index in [1.54, 1.807) is 18.2 Å². The van der Waals surface area contributed by atoms with Crippen LogP contribution in [0.1, 0.15) is 40.5 Å². The quantitative estimate of drug-likeness (QED) is 0.374. The van der Waals surface area contributed by atoms with Gasteiger partial charge >= 0.3 is 5.97 Å². The van der Waals surface area contributed by atoms with Crippen molar-refractivity contribution < 1.29 is 24.2 Å². The Labute approximate surface area is 177 Å². The molecule has 4 bridgehead atoms. The lowest BCUT2D eigenvalue weighted by Crippen LogP contribution is -2.53. The van der Waals surface area contributed by atoms with Gasteiger partial charge in [0, 0.05) is 6.42 Å². The second-order valence-corrected chi connectivity index (χ2v) is 9.02. The Morgan fingerprint density at radius 3 is 2.60 bits per heavy atom. The summed E-state index contributed by atoms with van der Waals surface area (Å²) in [6.07, 6.45) is 13.3. The summed E-state index contributed by atoms with van der Waals surface area (Å²) in [7, 11) is 0. The Hall–Kier alpha value is -2.66. The Balaban J connectivity index is 1.95. The number of esters is 1. The predicted molar refractivity (Wildman–Crippen MR) is 113 cm³/mol. The molecule has 1 N–H and O–H groups in total. The molecule has 30 heavy (non-hydrogen) atoms. The molecule has 2 aliphatic carbocycles. The highest BCUT2D eigenvalue weighted by molar-refractivity contribution is 6.26. The number of aliphatic hydroxyl groups is 1. The highest BCUT2D eigenvalue weighted by Gasteiger charge is 2.64. The minimum absolute atomic E-state index is 0.0197. The van der Waals surface area contributed by atoms with Gasteiger partial charge in [-0.25, -0.2) is 4.79 Å². The number of aliphatic hydroxyl groups excluding tert-OH is 1. The molecule has 3 heterocycles. The van der Waals surface area contributed by atoms with E-state index in [4.69, 9.17) is 9.47 Å². The van der Waals surface area contributed by atoms with E-state index in [0.29, 0.717) is 12.8 Å². The number of ether oxygens (including phenoxy) is 2. The van der Waals surface area contributed by atoms with Crippen LogP contribution < -0.4 is 0 Å². The largest absolute Gasteiger partial charge is 0.488 e. The summed E-state index contributed by atoms with van der Waals surface area (Å²) in [6.45, 7) is 8.19. The standard InChI is InChI=1S/C25H28O5/c1-15-6-5-7-19(26)10-18-8-9-20(29-14-18)21-22(27)25(30-23(21)28)13-17(3)16(2)12-24(25,4)11-15/h5-6,8-12,17,19,26H,7,13-14H2,1-4H3/b6-5+,15-11+,18-10-,21-20?/t17-,19+,24-,25+/m0/s1. The Morgan fingerprint density at radius 1 is 1.13 bits per heavy atom. The molecule has 0 aromatic rings. The Bertz CT molecular complexity index is 989. The van der Waals surface area contributed by atoms with Gasteiger partial charge in [-0.05, 0) is 50.8 Å². The number of rotatable bonds is 0. The molecule has 0 aromatic heterocycles. The molecule has 1 spiro atoms. The lowest BCUT2D eigenvalue weighted by molar-refractivity contribution is -0.162. The number of ketones is 1. The Morgan fingerprint density at radius 2 is 1.90 bits per heavy atom. The molecule has 0 radical (unpaired) electrons. The van der Waals surface area contributed by atoms with Crippen molar-refractivity contribution in [3.05, 3.63) is 70.6 Å². The van der Waals surface area contributed by atoms with Crippen LogP contribution >= 0.6 is 0 Å². The summed E-state index contributed by atoms with van der Waals surface area (Å²) in [6, 6.07) is 0. The van der Waals surface area contributed by atoms with Gasteiger partial charge in [0.05, 0.1) is 11.5 Å². The first kappa shape index (κ1) is 20.6. The van der Waals surface area contributed by atoms with Crippen molar-refractivity contribution in [1.82, 2.24) is 0 Å². The molecule has 1 fully saturated rings. The van der Waals surface area contributed by atoms with Gasteiger partial charge in [0.25, 0.3) is 0 Å². The summed E-state index contributed by atoms with van der Waals surface area (Å²) < 4.78 is 11.7. The molecular formula is C25H28O5. The lowest BCUT2D eigenvalue weighted by Gasteiger charge is -2.45. The summed E-state index contributed by atoms with van der Waals surface area (Å²) in [5.74, 6) is -0.603. The molecule has 5 rings (SSSR count). The topological polar surface area (TPSA) is 72.8 Å². The van der Waals surface area contributed by atoms with Crippen molar-refractivity contribution in [3.63, 3.8) is 0 Å². The monoisotopic (exact) mass is 408 g/mol. The maximum atomic E-state index is 13.8. The molecule has 3 aliphatic heterocycles. The van der Waals surface area contributed by atoms with Gasteiger partial charge in [-0.2, -0.15) is 0 Å². The molecule has 4 atom stereocenters. The first-order chi connectivity index (χ1) is 14.1. The third kappa shape index (κ3) is 3.21. The zero-order valence-corrected chi connectivity index (χ0v) is 17.9. The fraction of sp³-hybridized carbons (Fsp3) is 0.440. The molecule has 5 aliphatic rings. The van der Waals surface area contributed by atoms with Gasteiger partial charge in [-0.15, -0.1) is 0 Å². The van der Waals surface area contributed by atoms with Crippen molar-refractivity contribution in [1.29, 1.82) is 0 Å². The van der Waals surface area contributed by atoms with Crippen LogP contribution in [0.15, 0.2) is 70.6 Å². The van der Waals surface area contributed by atoms with Crippen molar-refractivity contribution >= 4 is 11.8 Å². The molecular weight excluding hydrogens is 380 g/mol. The van der Waals surface area contributed by atoms with E-state index >= 15 is 0 Å². The second-order valence-electron chi connectivity index (χ2n) is 9.02. The second kappa shape index (κ2) is 7.24. The first-order valence-corrected chi connectivity index (χ1v) is 10.4. The summed E-state index contributed by atoms with van der Waals surface area (Å²) in [5, 5.41) is 10.3. The van der Waals surface area contributed by atoms with Crippen molar-refractivity contribution in [3.8, 4) is 0 Å². The highest BCUT2D eigenvalue weighted by atomic mass is 16.6. The fourth-order valence-corrected chi connectivity index (χ4v) is 4.88. The number of carbonyl (C=O) groups excluding carboxylic acids is 2. The van der Waals surface area contributed by atoms with Crippen LogP contribution in [0.2, 0.25) is 0 Å². The third-order valence-corrected chi connectivity index (χ3v) is 6.62. The van der Waals surface area contributed by atoms with Crippen molar-refractivity contribution in [2.24, 2.45) is 11.3 Å². The third-order valence-electron chi connectivity index (χ3n) is 6.62. The number of fused-ring (bicyclic) bond motifs is 5. The van der Waals surface area contributed by atoms with E-state index in [1.807, 2.05) is 39.0 Å². The van der Waals surface area contributed by atoms with Crippen LogP contribution in [0.3, 0.4) is 0 Å². The zero-order chi connectivity index (χ0) is 21.7. The van der Waals surface area contributed by atoms with Crippen LogP contribution in [0.5, 0.6) is 0 Å². The van der Waals surface area contributed by atoms with E-state index < -0.39 is 23.1 Å². The summed E-state index contributed by atoms with van der Waals surface area (Å²) in [5.41, 5.74) is 0.782. The number of hydrogen-bond acceptors (Lipinski definition) is 5. The number of allylic oxidation sites excluding steroid dienone is 4. The van der Waals surface area contributed by atoms with Gasteiger partial charge in [0.1, 0.15) is 17.9 Å². The van der Waals surface area contributed by atoms with Crippen molar-refractivity contribution in [2.45, 2.75) is 52.2 Å². The van der Waals surface area contributed by atoms with Gasteiger partial charge in [-0.1, -0.05) is 48.5 Å². The number of carbonyl (C=O) groups is 2. The van der Waals surface area contributed by atoms with Gasteiger partial charge in [-0.3, -0.25) is 4.79 Å². The molecule has 0 aromatic carbocycles. The SMILES string of the molecule is CC1=C[C@]2(C)/C=C(C)/C=C/C[C@@H](O)/C=C3/C=CC(=C4C(=O)O[C@]2(C[C@@H]1C)C4=O)OC3. The number of hydrogen-bond donors (Lipinski definition) is 1.